The van der Waals surface area contributed by atoms with Gasteiger partial charge in [0.05, 0.1) is 5.52 Å². The number of nitrogens with zero attached hydrogens (tertiary/aromatic N) is 3. The van der Waals surface area contributed by atoms with Crippen LogP contribution in [0.1, 0.15) is 55.8 Å². The topological polar surface area (TPSA) is 54.5 Å². The first kappa shape index (κ1) is 19.8. The molecule has 6 heteroatoms. The summed E-state index contributed by atoms with van der Waals surface area (Å²) in [7, 11) is 0. The fourth-order valence-electron chi connectivity index (χ4n) is 4.88. The molecule has 5 rings (SSSR count). The molecule has 4 nitrogen and oxygen atoms in total. The summed E-state index contributed by atoms with van der Waals surface area (Å²) in [6, 6.07) is 13.2. The second-order valence-electron chi connectivity index (χ2n) is 8.52. The number of halogens is 2. The first-order chi connectivity index (χ1) is 15.1. The summed E-state index contributed by atoms with van der Waals surface area (Å²) in [5.74, 6) is 2.01. The highest BCUT2D eigenvalue weighted by molar-refractivity contribution is 5.82. The lowest BCUT2D eigenvalue weighted by atomic mass is 9.73. The average molecular weight is 418 g/mol. The van der Waals surface area contributed by atoms with Gasteiger partial charge in [-0.15, -0.1) is 0 Å². The zero-order valence-electron chi connectivity index (χ0n) is 17.4. The maximum atomic E-state index is 13.8. The molecular formula is C25H24F2N4. The molecule has 0 aliphatic heterocycles. The molecule has 0 radical (unpaired) electrons. The molecule has 4 aromatic rings. The van der Waals surface area contributed by atoms with Gasteiger partial charge in [0.2, 0.25) is 0 Å². The summed E-state index contributed by atoms with van der Waals surface area (Å²) in [5.41, 5.74) is 2.72. The number of hydrogen-bond donors (Lipinski definition) is 1. The van der Waals surface area contributed by atoms with Gasteiger partial charge in [-0.25, -0.2) is 13.8 Å². The molecule has 1 unspecified atom stereocenters. The molecule has 1 N–H and O–H groups in total. The third-order valence-corrected chi connectivity index (χ3v) is 6.67. The molecule has 2 aromatic carbocycles. The number of pyridine rings is 1. The molecule has 1 saturated carbocycles. The number of hydrogen-bond acceptors (Lipinski definition) is 3. The number of rotatable bonds is 4. The lowest BCUT2D eigenvalue weighted by Gasteiger charge is -2.32. The van der Waals surface area contributed by atoms with Crippen LogP contribution in [0.2, 0.25) is 0 Å². The third-order valence-electron chi connectivity index (χ3n) is 6.67. The van der Waals surface area contributed by atoms with Crippen LogP contribution in [-0.4, -0.2) is 20.2 Å². The molecule has 31 heavy (non-hydrogen) atoms. The van der Waals surface area contributed by atoms with Crippen molar-refractivity contribution in [2.24, 2.45) is 5.92 Å². The molecule has 1 aliphatic rings. The number of aromatic amines is 1. The number of H-pyrrole nitrogens is 1. The molecular weight excluding hydrogens is 394 g/mol. The zero-order chi connectivity index (χ0) is 21.4. The predicted molar refractivity (Wildman–Crippen MR) is 117 cm³/mol. The Balaban J connectivity index is 1.30. The van der Waals surface area contributed by atoms with Crippen LogP contribution < -0.4 is 0 Å². The average Bonchev–Trinajstić information content (AvgIpc) is 3.29. The predicted octanol–water partition coefficient (Wildman–Crippen LogP) is 6.38. The molecule has 2 heterocycles. The smallest absolute Gasteiger partial charge is 0.181 e. The molecule has 0 amide bonds. The Labute approximate surface area is 179 Å². The maximum Gasteiger partial charge on any atom is 0.181 e. The fraction of sp³-hybridized carbons (Fsp3) is 0.320. The van der Waals surface area contributed by atoms with Crippen molar-refractivity contribution in [1.82, 2.24) is 20.2 Å². The Morgan fingerprint density at radius 2 is 1.77 bits per heavy atom. The van der Waals surface area contributed by atoms with Crippen LogP contribution in [0.5, 0.6) is 0 Å². The van der Waals surface area contributed by atoms with E-state index in [0.717, 1.165) is 42.4 Å². The Bertz CT molecular complexity index is 1210. The van der Waals surface area contributed by atoms with Crippen molar-refractivity contribution in [1.29, 1.82) is 0 Å². The van der Waals surface area contributed by atoms with Crippen molar-refractivity contribution in [2.75, 3.05) is 0 Å². The number of nitrogens with one attached hydrogen (secondary N) is 1. The van der Waals surface area contributed by atoms with Gasteiger partial charge >= 0.3 is 0 Å². The fourth-order valence-corrected chi connectivity index (χ4v) is 4.88. The Morgan fingerprint density at radius 3 is 2.58 bits per heavy atom. The minimum absolute atomic E-state index is 0.219. The lowest BCUT2D eigenvalue weighted by molar-refractivity contribution is 0.286. The van der Waals surface area contributed by atoms with Gasteiger partial charge in [0.25, 0.3) is 0 Å². The van der Waals surface area contributed by atoms with Gasteiger partial charge in [-0.2, -0.15) is 5.10 Å². The van der Waals surface area contributed by atoms with Gasteiger partial charge in [-0.3, -0.25) is 10.1 Å². The van der Waals surface area contributed by atoms with E-state index in [2.05, 4.69) is 27.1 Å². The summed E-state index contributed by atoms with van der Waals surface area (Å²) in [6.45, 7) is 2.18. The van der Waals surface area contributed by atoms with E-state index in [0.29, 0.717) is 23.2 Å². The summed E-state index contributed by atoms with van der Waals surface area (Å²) < 4.78 is 27.3. The Kier molecular flexibility index (Phi) is 5.22. The van der Waals surface area contributed by atoms with Gasteiger partial charge in [0, 0.05) is 23.1 Å². The highest BCUT2D eigenvalue weighted by Crippen LogP contribution is 2.42. The van der Waals surface area contributed by atoms with Crippen LogP contribution >= 0.6 is 0 Å². The van der Waals surface area contributed by atoms with Gasteiger partial charge in [-0.1, -0.05) is 19.1 Å². The Morgan fingerprint density at radius 1 is 0.968 bits per heavy atom. The Hall–Kier alpha value is -3.15. The van der Waals surface area contributed by atoms with E-state index in [1.807, 2.05) is 18.3 Å². The minimum atomic E-state index is -0.293. The van der Waals surface area contributed by atoms with Crippen molar-refractivity contribution in [2.45, 2.75) is 44.4 Å². The lowest BCUT2D eigenvalue weighted by Crippen LogP contribution is -2.19. The first-order valence-electron chi connectivity index (χ1n) is 10.8. The number of fused-ring (bicyclic) bond motifs is 1. The van der Waals surface area contributed by atoms with Gasteiger partial charge in [0.15, 0.2) is 5.82 Å². The van der Waals surface area contributed by atoms with Crippen molar-refractivity contribution in [3.63, 3.8) is 0 Å². The molecule has 0 bridgehead atoms. The first-order valence-corrected chi connectivity index (χ1v) is 10.8. The van der Waals surface area contributed by atoms with E-state index in [9.17, 15) is 8.78 Å². The van der Waals surface area contributed by atoms with Gasteiger partial charge in [-0.05, 0) is 79.5 Å². The minimum Gasteiger partial charge on any atom is -0.262 e. The van der Waals surface area contributed by atoms with Gasteiger partial charge in [0.1, 0.15) is 17.5 Å². The zero-order valence-corrected chi connectivity index (χ0v) is 17.4. The van der Waals surface area contributed by atoms with E-state index in [1.54, 1.807) is 18.2 Å². The molecule has 158 valence electrons. The normalized spacial score (nSPS) is 20.1. The van der Waals surface area contributed by atoms with Crippen LogP contribution in [0.4, 0.5) is 8.78 Å². The van der Waals surface area contributed by atoms with Crippen molar-refractivity contribution < 1.29 is 8.78 Å². The van der Waals surface area contributed by atoms with Crippen LogP contribution in [0, 0.1) is 17.6 Å². The van der Waals surface area contributed by atoms with E-state index in [1.165, 1.54) is 23.8 Å². The van der Waals surface area contributed by atoms with Crippen LogP contribution in [0.15, 0.2) is 54.7 Å². The third kappa shape index (κ3) is 3.94. The van der Waals surface area contributed by atoms with Crippen LogP contribution in [0.25, 0.3) is 22.3 Å². The quantitative estimate of drug-likeness (QED) is 0.419. The second kappa shape index (κ2) is 8.17. The number of aromatic nitrogens is 4. The monoisotopic (exact) mass is 418 g/mol. The van der Waals surface area contributed by atoms with E-state index < -0.39 is 0 Å². The number of benzene rings is 2. The highest BCUT2D eigenvalue weighted by Gasteiger charge is 2.29. The van der Waals surface area contributed by atoms with Gasteiger partial charge < -0.3 is 0 Å². The summed E-state index contributed by atoms with van der Waals surface area (Å²) >= 11 is 0. The SMILES string of the molecule is CC(c1nc(-c2cccc(F)c2)n[nH]1)C1CCC(c2ccnc3ccc(F)cc23)CC1. The summed E-state index contributed by atoms with van der Waals surface area (Å²) in [4.78, 5) is 9.03. The van der Waals surface area contributed by atoms with E-state index in [-0.39, 0.29) is 17.6 Å². The van der Waals surface area contributed by atoms with Crippen molar-refractivity contribution in [3.8, 4) is 11.4 Å². The van der Waals surface area contributed by atoms with Crippen LogP contribution in [0.3, 0.4) is 0 Å². The molecule has 1 fully saturated rings. The van der Waals surface area contributed by atoms with Crippen LogP contribution in [-0.2, 0) is 0 Å². The summed E-state index contributed by atoms with van der Waals surface area (Å²) in [5, 5.41) is 8.29. The molecule has 1 aliphatic carbocycles. The standard InChI is InChI=1S/C25H24F2N4/c1-15(24-29-25(31-30-24)18-3-2-4-19(26)13-18)16-5-7-17(8-6-16)21-11-12-28-23-10-9-20(27)14-22(21)23/h2-4,9-17H,5-8H2,1H3,(H,29,30,31). The molecule has 2 aromatic heterocycles. The summed E-state index contributed by atoms with van der Waals surface area (Å²) in [6.07, 6.45) is 6.07. The van der Waals surface area contributed by atoms with E-state index in [4.69, 9.17) is 0 Å². The molecule has 0 saturated heterocycles. The maximum absolute atomic E-state index is 13.8. The van der Waals surface area contributed by atoms with Crippen molar-refractivity contribution in [3.05, 3.63) is 77.8 Å². The van der Waals surface area contributed by atoms with Crippen molar-refractivity contribution >= 4 is 10.9 Å². The largest absolute Gasteiger partial charge is 0.262 e. The molecule has 0 spiro atoms. The van der Waals surface area contributed by atoms with E-state index >= 15 is 0 Å². The second-order valence-corrected chi connectivity index (χ2v) is 8.52. The molecule has 1 atom stereocenters. The highest BCUT2D eigenvalue weighted by atomic mass is 19.1.